The highest BCUT2D eigenvalue weighted by molar-refractivity contribution is 5.74. The lowest BCUT2D eigenvalue weighted by Crippen LogP contribution is -2.40. The largest absolute Gasteiger partial charge is 0.376 e. The number of nitrogens with zero attached hydrogens (tertiary/aromatic N) is 2. The van der Waals surface area contributed by atoms with Crippen LogP contribution in [0.15, 0.2) is 24.5 Å². The van der Waals surface area contributed by atoms with Crippen molar-refractivity contribution in [1.82, 2.24) is 15.2 Å². The fourth-order valence-corrected chi connectivity index (χ4v) is 2.96. The number of nitrogens with one attached hydrogen (secondary N) is 1. The Morgan fingerprint density at radius 2 is 1.96 bits per heavy atom. The Kier molecular flexibility index (Phi) is 7.33. The summed E-state index contributed by atoms with van der Waals surface area (Å²) in [5, 5.41) is 2.93. The highest BCUT2D eigenvalue weighted by Crippen LogP contribution is 2.19. The van der Waals surface area contributed by atoms with Crippen LogP contribution in [0.1, 0.15) is 57.1 Å². The van der Waals surface area contributed by atoms with Gasteiger partial charge in [-0.1, -0.05) is 25.7 Å². The van der Waals surface area contributed by atoms with Crippen LogP contribution in [-0.2, 0) is 4.74 Å². The molecular formula is C18H29N3O2. The molecule has 1 aromatic rings. The number of hydrogen-bond donors (Lipinski definition) is 1. The van der Waals surface area contributed by atoms with Crippen LogP contribution in [0.25, 0.3) is 0 Å². The molecule has 1 heterocycles. The minimum Gasteiger partial charge on any atom is -0.376 e. The van der Waals surface area contributed by atoms with Gasteiger partial charge in [0.1, 0.15) is 0 Å². The Labute approximate surface area is 139 Å². The molecule has 1 aromatic heterocycles. The van der Waals surface area contributed by atoms with Gasteiger partial charge >= 0.3 is 6.03 Å². The summed E-state index contributed by atoms with van der Waals surface area (Å²) in [6.07, 6.45) is 11.4. The molecule has 23 heavy (non-hydrogen) atoms. The lowest BCUT2D eigenvalue weighted by atomic mass is 10.1. The van der Waals surface area contributed by atoms with Crippen molar-refractivity contribution in [2.45, 2.75) is 57.6 Å². The van der Waals surface area contributed by atoms with Gasteiger partial charge in [-0.15, -0.1) is 0 Å². The zero-order valence-electron chi connectivity index (χ0n) is 14.3. The summed E-state index contributed by atoms with van der Waals surface area (Å²) >= 11 is 0. The number of pyridine rings is 1. The molecule has 1 N–H and O–H groups in total. The van der Waals surface area contributed by atoms with E-state index in [1.54, 1.807) is 17.3 Å². The first-order chi connectivity index (χ1) is 11.2. The van der Waals surface area contributed by atoms with E-state index < -0.39 is 0 Å². The first kappa shape index (κ1) is 17.7. The molecule has 2 amide bonds. The van der Waals surface area contributed by atoms with Crippen molar-refractivity contribution in [3.63, 3.8) is 0 Å². The SMILES string of the molecule is C[C@@H](c1ccncc1)N(C)C(=O)NCCOC1CCCCCC1. The number of urea groups is 1. The third-order valence-electron chi connectivity index (χ3n) is 4.62. The number of amides is 2. The van der Waals surface area contributed by atoms with Crippen LogP contribution in [0.4, 0.5) is 4.79 Å². The molecule has 0 aromatic carbocycles. The Balaban J connectivity index is 1.67. The van der Waals surface area contributed by atoms with E-state index in [1.165, 1.54) is 25.7 Å². The van der Waals surface area contributed by atoms with E-state index >= 15 is 0 Å². The van der Waals surface area contributed by atoms with Crippen LogP contribution in [0.3, 0.4) is 0 Å². The average molecular weight is 319 g/mol. The summed E-state index contributed by atoms with van der Waals surface area (Å²) in [6.45, 7) is 3.16. The van der Waals surface area contributed by atoms with Crippen molar-refractivity contribution in [2.75, 3.05) is 20.2 Å². The normalized spacial score (nSPS) is 17.3. The van der Waals surface area contributed by atoms with Gasteiger partial charge in [-0.25, -0.2) is 4.79 Å². The summed E-state index contributed by atoms with van der Waals surface area (Å²) in [6, 6.07) is 3.81. The van der Waals surface area contributed by atoms with E-state index in [0.29, 0.717) is 19.3 Å². The van der Waals surface area contributed by atoms with E-state index in [0.717, 1.165) is 18.4 Å². The Morgan fingerprint density at radius 3 is 2.61 bits per heavy atom. The van der Waals surface area contributed by atoms with Crippen LogP contribution < -0.4 is 5.32 Å². The van der Waals surface area contributed by atoms with Crippen molar-refractivity contribution in [3.05, 3.63) is 30.1 Å². The van der Waals surface area contributed by atoms with Crippen LogP contribution in [0.5, 0.6) is 0 Å². The third-order valence-corrected chi connectivity index (χ3v) is 4.62. The maximum Gasteiger partial charge on any atom is 0.317 e. The van der Waals surface area contributed by atoms with Gasteiger partial charge in [-0.2, -0.15) is 0 Å². The number of rotatable bonds is 6. The highest BCUT2D eigenvalue weighted by Gasteiger charge is 2.17. The van der Waals surface area contributed by atoms with Crippen molar-refractivity contribution >= 4 is 6.03 Å². The number of aromatic nitrogens is 1. The lowest BCUT2D eigenvalue weighted by Gasteiger charge is -2.25. The predicted octanol–water partition coefficient (Wildman–Crippen LogP) is 3.52. The summed E-state index contributed by atoms with van der Waals surface area (Å²) in [4.78, 5) is 17.9. The standard InChI is InChI=1S/C18H29N3O2/c1-15(16-9-11-19-12-10-16)21(2)18(22)20-13-14-23-17-7-5-3-4-6-8-17/h9-12,15,17H,3-8,13-14H2,1-2H3,(H,20,22)/t15-/m0/s1. The lowest BCUT2D eigenvalue weighted by molar-refractivity contribution is 0.0454. The van der Waals surface area contributed by atoms with Gasteiger partial charge in [-0.3, -0.25) is 4.98 Å². The van der Waals surface area contributed by atoms with E-state index in [1.807, 2.05) is 26.1 Å². The van der Waals surface area contributed by atoms with E-state index in [9.17, 15) is 4.79 Å². The number of carbonyl (C=O) groups excluding carboxylic acids is 1. The van der Waals surface area contributed by atoms with Gasteiger partial charge in [-0.05, 0) is 37.5 Å². The summed E-state index contributed by atoms with van der Waals surface area (Å²) in [7, 11) is 1.81. The third kappa shape index (κ3) is 5.82. The van der Waals surface area contributed by atoms with Gasteiger partial charge < -0.3 is 15.0 Å². The van der Waals surface area contributed by atoms with Gasteiger partial charge in [0.15, 0.2) is 0 Å². The molecule has 128 valence electrons. The number of carbonyl (C=O) groups is 1. The van der Waals surface area contributed by atoms with Crippen molar-refractivity contribution in [1.29, 1.82) is 0 Å². The molecule has 1 aliphatic rings. The molecule has 0 radical (unpaired) electrons. The smallest absolute Gasteiger partial charge is 0.317 e. The van der Waals surface area contributed by atoms with Crippen molar-refractivity contribution < 1.29 is 9.53 Å². The second kappa shape index (κ2) is 9.50. The molecule has 5 heteroatoms. The van der Waals surface area contributed by atoms with Gasteiger partial charge in [0.05, 0.1) is 18.8 Å². The quantitative estimate of drug-likeness (QED) is 0.645. The van der Waals surface area contributed by atoms with Crippen LogP contribution >= 0.6 is 0 Å². The molecule has 5 nitrogen and oxygen atoms in total. The fourth-order valence-electron chi connectivity index (χ4n) is 2.96. The van der Waals surface area contributed by atoms with Crippen LogP contribution in [0.2, 0.25) is 0 Å². The molecule has 1 fully saturated rings. The molecule has 0 spiro atoms. The van der Waals surface area contributed by atoms with Crippen LogP contribution in [-0.4, -0.2) is 42.2 Å². The minimum absolute atomic E-state index is 0.0146. The fraction of sp³-hybridized carbons (Fsp3) is 0.667. The van der Waals surface area contributed by atoms with Crippen molar-refractivity contribution in [3.8, 4) is 0 Å². The maximum absolute atomic E-state index is 12.2. The molecule has 0 saturated heterocycles. The molecule has 2 rings (SSSR count). The van der Waals surface area contributed by atoms with Crippen LogP contribution in [0, 0.1) is 0 Å². The topological polar surface area (TPSA) is 54.5 Å². The van der Waals surface area contributed by atoms with Gasteiger partial charge in [0.25, 0.3) is 0 Å². The molecule has 1 saturated carbocycles. The summed E-state index contributed by atoms with van der Waals surface area (Å²) in [5.74, 6) is 0. The second-order valence-electron chi connectivity index (χ2n) is 6.28. The Morgan fingerprint density at radius 1 is 1.30 bits per heavy atom. The van der Waals surface area contributed by atoms with E-state index in [4.69, 9.17) is 4.74 Å². The van der Waals surface area contributed by atoms with Gasteiger partial charge in [0, 0.05) is 26.0 Å². The number of hydrogen-bond acceptors (Lipinski definition) is 3. The number of ether oxygens (including phenoxy) is 1. The molecule has 1 aliphatic carbocycles. The molecule has 0 unspecified atom stereocenters. The monoisotopic (exact) mass is 319 g/mol. The Hall–Kier alpha value is -1.62. The second-order valence-corrected chi connectivity index (χ2v) is 6.28. The zero-order valence-corrected chi connectivity index (χ0v) is 14.3. The first-order valence-corrected chi connectivity index (χ1v) is 8.70. The molecule has 0 bridgehead atoms. The first-order valence-electron chi connectivity index (χ1n) is 8.70. The zero-order chi connectivity index (χ0) is 16.5. The molecule has 1 atom stereocenters. The molecule has 0 aliphatic heterocycles. The Bertz CT molecular complexity index is 459. The van der Waals surface area contributed by atoms with E-state index in [-0.39, 0.29) is 12.1 Å². The highest BCUT2D eigenvalue weighted by atomic mass is 16.5. The predicted molar refractivity (Wildman–Crippen MR) is 91.3 cm³/mol. The van der Waals surface area contributed by atoms with Crippen molar-refractivity contribution in [2.24, 2.45) is 0 Å². The minimum atomic E-state index is -0.0706. The van der Waals surface area contributed by atoms with Gasteiger partial charge in [0.2, 0.25) is 0 Å². The van der Waals surface area contributed by atoms with E-state index in [2.05, 4.69) is 10.3 Å². The summed E-state index contributed by atoms with van der Waals surface area (Å²) in [5.41, 5.74) is 1.08. The molecular weight excluding hydrogens is 290 g/mol. The summed E-state index contributed by atoms with van der Waals surface area (Å²) < 4.78 is 5.90. The average Bonchev–Trinajstić information content (AvgIpc) is 2.86. The maximum atomic E-state index is 12.2.